The zero-order chi connectivity index (χ0) is 15.2. The summed E-state index contributed by atoms with van der Waals surface area (Å²) in [5, 5.41) is 0. The normalized spacial score (nSPS) is 18.3. The molecular formula is C18H18O3. The third-order valence-electron chi connectivity index (χ3n) is 3.48. The lowest BCUT2D eigenvalue weighted by molar-refractivity contribution is -0.141. The molecule has 1 aliphatic rings. The number of ketones is 1. The van der Waals surface area contributed by atoms with E-state index in [2.05, 4.69) is 6.58 Å². The highest BCUT2D eigenvalue weighted by molar-refractivity contribution is 6.00. The van der Waals surface area contributed by atoms with Crippen LogP contribution in [0.4, 0.5) is 0 Å². The Bertz CT molecular complexity index is 609. The van der Waals surface area contributed by atoms with Gasteiger partial charge in [-0.2, -0.15) is 0 Å². The van der Waals surface area contributed by atoms with Crippen molar-refractivity contribution in [1.82, 2.24) is 0 Å². The second-order valence-corrected chi connectivity index (χ2v) is 4.95. The molecule has 0 aliphatic heterocycles. The van der Waals surface area contributed by atoms with Crippen LogP contribution in [-0.4, -0.2) is 17.9 Å². The SMILES string of the molecule is C=CCC1=C(C)[C@@H](OC(=O)/C=C\c2ccccc2)CC1=O. The molecule has 0 radical (unpaired) electrons. The highest BCUT2D eigenvalue weighted by atomic mass is 16.5. The van der Waals surface area contributed by atoms with E-state index in [4.69, 9.17) is 4.74 Å². The van der Waals surface area contributed by atoms with Crippen LogP contribution in [0.5, 0.6) is 0 Å². The minimum absolute atomic E-state index is 0.0391. The number of Topliss-reactive ketones (excluding diaryl/α,β-unsaturated/α-hetero) is 1. The van der Waals surface area contributed by atoms with E-state index in [1.807, 2.05) is 37.3 Å². The minimum Gasteiger partial charge on any atom is -0.454 e. The first kappa shape index (κ1) is 15.0. The summed E-state index contributed by atoms with van der Waals surface area (Å²) in [7, 11) is 0. The van der Waals surface area contributed by atoms with Gasteiger partial charge in [-0.05, 0) is 30.6 Å². The van der Waals surface area contributed by atoms with Gasteiger partial charge in [-0.3, -0.25) is 4.79 Å². The third kappa shape index (κ3) is 3.78. The van der Waals surface area contributed by atoms with Crippen LogP contribution >= 0.6 is 0 Å². The molecule has 0 fully saturated rings. The Labute approximate surface area is 124 Å². The van der Waals surface area contributed by atoms with Gasteiger partial charge in [-0.15, -0.1) is 6.58 Å². The number of allylic oxidation sites excluding steroid dienone is 2. The van der Waals surface area contributed by atoms with E-state index in [1.54, 1.807) is 12.2 Å². The van der Waals surface area contributed by atoms with Crippen molar-refractivity contribution >= 4 is 17.8 Å². The fourth-order valence-electron chi connectivity index (χ4n) is 2.32. The second-order valence-electron chi connectivity index (χ2n) is 4.95. The minimum atomic E-state index is -0.444. The van der Waals surface area contributed by atoms with Gasteiger partial charge in [0.25, 0.3) is 0 Å². The standard InChI is InChI=1S/C18H18O3/c1-3-7-15-13(2)17(12-16(15)19)21-18(20)11-10-14-8-5-4-6-9-14/h3-6,8-11,17H,1,7,12H2,2H3/b11-10-/t17-/m0/s1. The molecular weight excluding hydrogens is 264 g/mol. The Morgan fingerprint density at radius 1 is 1.38 bits per heavy atom. The van der Waals surface area contributed by atoms with E-state index < -0.39 is 12.1 Å². The van der Waals surface area contributed by atoms with E-state index >= 15 is 0 Å². The molecule has 0 amide bonds. The summed E-state index contributed by atoms with van der Waals surface area (Å²) in [6, 6.07) is 9.51. The van der Waals surface area contributed by atoms with Crippen LogP contribution in [0.15, 0.2) is 60.2 Å². The summed E-state index contributed by atoms with van der Waals surface area (Å²) in [4.78, 5) is 23.7. The Morgan fingerprint density at radius 2 is 2.10 bits per heavy atom. The average molecular weight is 282 g/mol. The molecule has 0 bridgehead atoms. The van der Waals surface area contributed by atoms with Crippen LogP contribution in [0.2, 0.25) is 0 Å². The Kier molecular flexibility index (Phi) is 4.88. The molecule has 0 unspecified atom stereocenters. The maximum atomic E-state index is 11.8. The lowest BCUT2D eigenvalue weighted by Gasteiger charge is -2.11. The molecule has 0 saturated heterocycles. The summed E-state index contributed by atoms with van der Waals surface area (Å²) >= 11 is 0. The van der Waals surface area contributed by atoms with E-state index in [0.717, 1.165) is 16.7 Å². The molecule has 1 aromatic carbocycles. The van der Waals surface area contributed by atoms with E-state index in [-0.39, 0.29) is 12.2 Å². The number of ether oxygens (including phenoxy) is 1. The lowest BCUT2D eigenvalue weighted by atomic mass is 10.1. The second kappa shape index (κ2) is 6.84. The maximum absolute atomic E-state index is 11.8. The van der Waals surface area contributed by atoms with Crippen molar-refractivity contribution in [3.63, 3.8) is 0 Å². The van der Waals surface area contributed by atoms with Crippen molar-refractivity contribution < 1.29 is 14.3 Å². The third-order valence-corrected chi connectivity index (χ3v) is 3.48. The van der Waals surface area contributed by atoms with Crippen LogP contribution < -0.4 is 0 Å². The predicted molar refractivity (Wildman–Crippen MR) is 82.5 cm³/mol. The monoisotopic (exact) mass is 282 g/mol. The Hall–Kier alpha value is -2.42. The van der Waals surface area contributed by atoms with Crippen LogP contribution in [0.3, 0.4) is 0 Å². The first-order valence-corrected chi connectivity index (χ1v) is 6.89. The van der Waals surface area contributed by atoms with Crippen molar-refractivity contribution in [2.75, 3.05) is 0 Å². The fraction of sp³-hybridized carbons (Fsp3) is 0.222. The van der Waals surface area contributed by atoms with Gasteiger partial charge in [0.05, 0.1) is 6.42 Å². The summed E-state index contributed by atoms with van der Waals surface area (Å²) in [6.07, 6.45) is 5.09. The van der Waals surface area contributed by atoms with Crippen molar-refractivity contribution in [3.8, 4) is 0 Å². The zero-order valence-electron chi connectivity index (χ0n) is 12.0. The molecule has 0 saturated carbocycles. The van der Waals surface area contributed by atoms with Crippen LogP contribution in [-0.2, 0) is 14.3 Å². The number of esters is 1. The molecule has 0 spiro atoms. The quantitative estimate of drug-likeness (QED) is 0.472. The molecule has 108 valence electrons. The van der Waals surface area contributed by atoms with Crippen LogP contribution in [0.1, 0.15) is 25.3 Å². The van der Waals surface area contributed by atoms with Crippen LogP contribution in [0, 0.1) is 0 Å². The van der Waals surface area contributed by atoms with Gasteiger partial charge in [0.15, 0.2) is 5.78 Å². The van der Waals surface area contributed by atoms with Gasteiger partial charge in [0.1, 0.15) is 6.10 Å². The Balaban J connectivity index is 1.99. The predicted octanol–water partition coefficient (Wildman–Crippen LogP) is 3.48. The van der Waals surface area contributed by atoms with Crippen molar-refractivity contribution in [3.05, 3.63) is 65.8 Å². The van der Waals surface area contributed by atoms with E-state index in [9.17, 15) is 9.59 Å². The molecule has 2 rings (SSSR count). The molecule has 0 N–H and O–H groups in total. The van der Waals surface area contributed by atoms with Gasteiger partial charge >= 0.3 is 5.97 Å². The zero-order valence-corrected chi connectivity index (χ0v) is 12.0. The summed E-state index contributed by atoms with van der Waals surface area (Å²) < 4.78 is 5.35. The summed E-state index contributed by atoms with van der Waals surface area (Å²) in [5.74, 6) is -0.395. The number of carbonyl (C=O) groups is 2. The number of rotatable bonds is 5. The van der Waals surface area contributed by atoms with Gasteiger partial charge < -0.3 is 4.74 Å². The fourth-order valence-corrected chi connectivity index (χ4v) is 2.32. The molecule has 0 aromatic heterocycles. The van der Waals surface area contributed by atoms with Gasteiger partial charge in [0, 0.05) is 11.6 Å². The molecule has 3 heteroatoms. The first-order chi connectivity index (χ1) is 10.1. The number of hydrogen-bond acceptors (Lipinski definition) is 3. The highest BCUT2D eigenvalue weighted by Gasteiger charge is 2.30. The average Bonchev–Trinajstić information content (AvgIpc) is 2.74. The van der Waals surface area contributed by atoms with E-state index in [1.165, 1.54) is 6.08 Å². The van der Waals surface area contributed by atoms with Crippen molar-refractivity contribution in [1.29, 1.82) is 0 Å². The number of hydrogen-bond donors (Lipinski definition) is 0. The van der Waals surface area contributed by atoms with Gasteiger partial charge in [-0.1, -0.05) is 36.4 Å². The summed E-state index contributed by atoms with van der Waals surface area (Å²) in [5.41, 5.74) is 2.48. The van der Waals surface area contributed by atoms with Gasteiger partial charge in [-0.25, -0.2) is 4.79 Å². The molecule has 1 aliphatic carbocycles. The molecule has 21 heavy (non-hydrogen) atoms. The maximum Gasteiger partial charge on any atom is 0.331 e. The smallest absolute Gasteiger partial charge is 0.331 e. The van der Waals surface area contributed by atoms with Crippen molar-refractivity contribution in [2.45, 2.75) is 25.9 Å². The molecule has 3 nitrogen and oxygen atoms in total. The molecule has 1 aromatic rings. The number of carbonyl (C=O) groups excluding carboxylic acids is 2. The topological polar surface area (TPSA) is 43.4 Å². The molecule has 0 heterocycles. The Morgan fingerprint density at radius 3 is 2.76 bits per heavy atom. The van der Waals surface area contributed by atoms with E-state index in [0.29, 0.717) is 6.42 Å². The lowest BCUT2D eigenvalue weighted by Crippen LogP contribution is -2.16. The molecule has 1 atom stereocenters. The summed E-state index contributed by atoms with van der Waals surface area (Å²) in [6.45, 7) is 5.47. The van der Waals surface area contributed by atoms with Crippen LogP contribution in [0.25, 0.3) is 6.08 Å². The highest BCUT2D eigenvalue weighted by Crippen LogP contribution is 2.28. The van der Waals surface area contributed by atoms with Crippen molar-refractivity contribution in [2.24, 2.45) is 0 Å². The number of benzene rings is 1. The van der Waals surface area contributed by atoms with Gasteiger partial charge in [0.2, 0.25) is 0 Å². The first-order valence-electron chi connectivity index (χ1n) is 6.89. The largest absolute Gasteiger partial charge is 0.454 e.